The molecule has 0 bridgehead atoms. The average molecular weight is 389 g/mol. The Balaban J connectivity index is 1.38. The number of rotatable bonds is 2. The van der Waals surface area contributed by atoms with Gasteiger partial charge in [-0.3, -0.25) is 0 Å². The lowest BCUT2D eigenvalue weighted by Crippen LogP contribution is -2.03. The van der Waals surface area contributed by atoms with Gasteiger partial charge in [0, 0.05) is 11.1 Å². The summed E-state index contributed by atoms with van der Waals surface area (Å²) in [4.78, 5) is 13.9. The lowest BCUT2D eigenvalue weighted by molar-refractivity contribution is 0.339. The quantitative estimate of drug-likeness (QED) is 0.350. The second-order valence-electron chi connectivity index (χ2n) is 6.96. The van der Waals surface area contributed by atoms with Crippen molar-refractivity contribution >= 4 is 11.0 Å². The van der Waals surface area contributed by atoms with Crippen molar-refractivity contribution in [2.75, 3.05) is 0 Å². The van der Waals surface area contributed by atoms with E-state index in [1.807, 2.05) is 78.9 Å². The van der Waals surface area contributed by atoms with Crippen molar-refractivity contribution in [3.63, 3.8) is 0 Å². The molecule has 5 nitrogen and oxygen atoms in total. The van der Waals surface area contributed by atoms with Gasteiger partial charge in [-0.25, -0.2) is 15.0 Å². The van der Waals surface area contributed by atoms with Crippen LogP contribution >= 0.6 is 0 Å². The number of fused-ring (bicyclic) bond motifs is 3. The molecule has 2 aromatic heterocycles. The van der Waals surface area contributed by atoms with Crippen molar-refractivity contribution < 1.29 is 9.47 Å². The average Bonchev–Trinajstić information content (AvgIpc) is 2.81. The zero-order valence-corrected chi connectivity index (χ0v) is 15.8. The third-order valence-corrected chi connectivity index (χ3v) is 4.98. The molecule has 30 heavy (non-hydrogen) atoms. The molecule has 1 aliphatic rings. The molecule has 3 heterocycles. The van der Waals surface area contributed by atoms with Gasteiger partial charge < -0.3 is 9.47 Å². The van der Waals surface area contributed by atoms with E-state index in [9.17, 15) is 0 Å². The molecule has 0 N–H and O–H groups in total. The number of aromatic nitrogens is 3. The van der Waals surface area contributed by atoms with Crippen LogP contribution in [0.2, 0.25) is 0 Å². The van der Waals surface area contributed by atoms with Crippen molar-refractivity contribution in [1.29, 1.82) is 0 Å². The third-order valence-electron chi connectivity index (χ3n) is 4.98. The molecule has 6 rings (SSSR count). The number of ether oxygens (including phenoxy) is 2. The van der Waals surface area contributed by atoms with Gasteiger partial charge in [-0.05, 0) is 42.5 Å². The summed E-state index contributed by atoms with van der Waals surface area (Å²) in [7, 11) is 0. The molecular formula is C25H15N3O2. The Labute approximate surface area is 172 Å². The highest BCUT2D eigenvalue weighted by Gasteiger charge is 2.23. The van der Waals surface area contributed by atoms with Crippen molar-refractivity contribution in [1.82, 2.24) is 15.0 Å². The van der Waals surface area contributed by atoms with Gasteiger partial charge in [-0.2, -0.15) is 0 Å². The van der Waals surface area contributed by atoms with Crippen LogP contribution in [0.25, 0.3) is 33.5 Å². The van der Waals surface area contributed by atoms with E-state index in [1.54, 1.807) is 0 Å². The molecule has 0 saturated carbocycles. The summed E-state index contributed by atoms with van der Waals surface area (Å²) in [5, 5.41) is 0. The largest absolute Gasteiger partial charge is 0.431 e. The lowest BCUT2D eigenvalue weighted by atomic mass is 10.1. The zero-order chi connectivity index (χ0) is 19.9. The number of benzene rings is 3. The van der Waals surface area contributed by atoms with Crippen molar-refractivity contribution in [3.8, 4) is 45.8 Å². The molecule has 0 fully saturated rings. The molecule has 0 atom stereocenters. The highest BCUT2D eigenvalue weighted by molar-refractivity contribution is 5.76. The summed E-state index contributed by atoms with van der Waals surface area (Å²) in [6.07, 6.45) is 0. The first-order valence-electron chi connectivity index (χ1n) is 9.63. The molecule has 0 amide bonds. The monoisotopic (exact) mass is 389 g/mol. The molecule has 1 aliphatic heterocycles. The Morgan fingerprint density at radius 2 is 1.10 bits per heavy atom. The Morgan fingerprint density at radius 3 is 1.83 bits per heavy atom. The van der Waals surface area contributed by atoms with Crippen LogP contribution in [-0.2, 0) is 0 Å². The molecule has 0 unspecified atom stereocenters. The Morgan fingerprint density at radius 1 is 0.467 bits per heavy atom. The second-order valence-corrected chi connectivity index (χ2v) is 6.96. The smallest absolute Gasteiger partial charge is 0.284 e. The van der Waals surface area contributed by atoms with Gasteiger partial charge in [0.2, 0.25) is 0 Å². The zero-order valence-electron chi connectivity index (χ0n) is 15.8. The van der Waals surface area contributed by atoms with Gasteiger partial charge in [0.25, 0.3) is 11.8 Å². The Bertz CT molecular complexity index is 1400. The van der Waals surface area contributed by atoms with Crippen LogP contribution in [0.15, 0.2) is 91.0 Å². The van der Waals surface area contributed by atoms with Gasteiger partial charge in [-0.15, -0.1) is 0 Å². The van der Waals surface area contributed by atoms with Crippen LogP contribution in [0.4, 0.5) is 0 Å². The van der Waals surface area contributed by atoms with Crippen molar-refractivity contribution in [2.45, 2.75) is 0 Å². The fourth-order valence-corrected chi connectivity index (χ4v) is 3.51. The number of hydrogen-bond donors (Lipinski definition) is 0. The fourth-order valence-electron chi connectivity index (χ4n) is 3.51. The predicted octanol–water partition coefficient (Wildman–Crippen LogP) is 6.26. The molecule has 0 spiro atoms. The van der Waals surface area contributed by atoms with E-state index in [1.165, 1.54) is 0 Å². The number of nitrogens with zero attached hydrogens (tertiary/aromatic N) is 3. The van der Waals surface area contributed by atoms with E-state index in [-0.39, 0.29) is 0 Å². The van der Waals surface area contributed by atoms with E-state index in [0.717, 1.165) is 33.5 Å². The van der Waals surface area contributed by atoms with E-state index >= 15 is 0 Å². The Hall–Kier alpha value is -4.25. The fraction of sp³-hybridized carbons (Fsp3) is 0. The van der Waals surface area contributed by atoms with Crippen LogP contribution in [-0.4, -0.2) is 15.0 Å². The minimum Gasteiger partial charge on any atom is -0.431 e. The van der Waals surface area contributed by atoms with Crippen molar-refractivity contribution in [3.05, 3.63) is 91.0 Å². The highest BCUT2D eigenvalue weighted by atomic mass is 16.6. The molecular weight excluding hydrogens is 374 g/mol. The van der Waals surface area contributed by atoms with Gasteiger partial charge in [0.05, 0.1) is 22.4 Å². The molecule has 5 heteroatoms. The normalized spacial score (nSPS) is 11.9. The summed E-state index contributed by atoms with van der Waals surface area (Å²) in [5.41, 5.74) is 5.32. The predicted molar refractivity (Wildman–Crippen MR) is 115 cm³/mol. The topological polar surface area (TPSA) is 57.1 Å². The molecule has 0 aliphatic carbocycles. The third kappa shape index (κ3) is 2.84. The summed E-state index contributed by atoms with van der Waals surface area (Å²) in [6.45, 7) is 0. The lowest BCUT2D eigenvalue weighted by Gasteiger charge is -2.19. The molecule has 0 saturated heterocycles. The maximum atomic E-state index is 6.04. The van der Waals surface area contributed by atoms with Crippen LogP contribution < -0.4 is 9.47 Å². The van der Waals surface area contributed by atoms with Crippen LogP contribution in [0.5, 0.6) is 23.3 Å². The second kappa shape index (κ2) is 6.67. The first-order chi connectivity index (χ1) is 14.8. The number of pyridine rings is 1. The van der Waals surface area contributed by atoms with E-state index in [2.05, 4.69) is 22.1 Å². The number of para-hydroxylation sites is 2. The maximum absolute atomic E-state index is 6.04. The van der Waals surface area contributed by atoms with Gasteiger partial charge in [0.15, 0.2) is 11.5 Å². The van der Waals surface area contributed by atoms with Crippen LogP contribution in [0.1, 0.15) is 0 Å². The minimum atomic E-state index is 0.365. The van der Waals surface area contributed by atoms with E-state index < -0.39 is 0 Å². The van der Waals surface area contributed by atoms with Gasteiger partial charge >= 0.3 is 0 Å². The summed E-state index contributed by atoms with van der Waals surface area (Å²) < 4.78 is 12.0. The molecule has 142 valence electrons. The van der Waals surface area contributed by atoms with Crippen LogP contribution in [0, 0.1) is 0 Å². The first kappa shape index (κ1) is 16.7. The van der Waals surface area contributed by atoms with E-state index in [4.69, 9.17) is 14.5 Å². The maximum Gasteiger partial charge on any atom is 0.284 e. The minimum absolute atomic E-state index is 0.365. The standard InChI is InChI=1S/C25H15N3O2/c1-2-7-16(8-3-1)18-11-6-12-19(26-18)17-13-14-22-23(15-17)30-25-24(29-22)27-20-9-4-5-10-21(20)28-25/h1-15H. The van der Waals surface area contributed by atoms with Crippen LogP contribution in [0.3, 0.4) is 0 Å². The molecule has 5 aromatic rings. The SMILES string of the molecule is c1ccc(-c2cccc(-c3ccc4c(c3)Oc3nc5ccccc5nc3O4)n2)cc1. The first-order valence-corrected chi connectivity index (χ1v) is 9.63. The highest BCUT2D eigenvalue weighted by Crippen LogP contribution is 2.45. The van der Waals surface area contributed by atoms with Crippen molar-refractivity contribution in [2.24, 2.45) is 0 Å². The van der Waals surface area contributed by atoms with Gasteiger partial charge in [0.1, 0.15) is 0 Å². The number of hydrogen-bond acceptors (Lipinski definition) is 5. The van der Waals surface area contributed by atoms with Gasteiger partial charge in [-0.1, -0.05) is 48.5 Å². The summed E-state index contributed by atoms with van der Waals surface area (Å²) >= 11 is 0. The van der Waals surface area contributed by atoms with E-state index in [0.29, 0.717) is 23.3 Å². The summed E-state index contributed by atoms with van der Waals surface area (Å²) in [6, 6.07) is 29.5. The Kier molecular flexibility index (Phi) is 3.71. The summed E-state index contributed by atoms with van der Waals surface area (Å²) in [5.74, 6) is 1.94. The molecule has 0 radical (unpaired) electrons. The molecule has 3 aromatic carbocycles.